The number of nitrogens with two attached hydrogens (primary N) is 1. The van der Waals surface area contributed by atoms with Crippen LogP contribution in [0.25, 0.3) is 0 Å². The Kier molecular flexibility index (Phi) is 6.67. The topological polar surface area (TPSA) is 44.5 Å². The van der Waals surface area contributed by atoms with Crippen molar-refractivity contribution in [2.75, 3.05) is 19.8 Å². The summed E-state index contributed by atoms with van der Waals surface area (Å²) >= 11 is 0. The van der Waals surface area contributed by atoms with E-state index in [0.29, 0.717) is 13.2 Å². The van der Waals surface area contributed by atoms with Gasteiger partial charge in [0.2, 0.25) is 0 Å². The van der Waals surface area contributed by atoms with Gasteiger partial charge in [-0.1, -0.05) is 25.1 Å². The first-order valence-electron chi connectivity index (χ1n) is 6.28. The van der Waals surface area contributed by atoms with Gasteiger partial charge in [0.1, 0.15) is 12.4 Å². The number of benzene rings is 1. The van der Waals surface area contributed by atoms with E-state index in [1.807, 2.05) is 25.1 Å². The molecule has 0 aliphatic rings. The summed E-state index contributed by atoms with van der Waals surface area (Å²) in [5, 5.41) is 0. The first-order chi connectivity index (χ1) is 8.24. The highest BCUT2D eigenvalue weighted by Crippen LogP contribution is 2.19. The zero-order chi connectivity index (χ0) is 12.5. The molecule has 0 aromatic heterocycles. The van der Waals surface area contributed by atoms with Gasteiger partial charge in [-0.3, -0.25) is 0 Å². The molecule has 0 heterocycles. The molecule has 1 aromatic carbocycles. The molecule has 1 rings (SSSR count). The van der Waals surface area contributed by atoms with Gasteiger partial charge in [0.05, 0.1) is 6.61 Å². The van der Waals surface area contributed by atoms with Gasteiger partial charge in [-0.05, 0) is 31.4 Å². The number of para-hydroxylation sites is 1. The Morgan fingerprint density at radius 2 is 1.94 bits per heavy atom. The zero-order valence-electron chi connectivity index (χ0n) is 10.8. The van der Waals surface area contributed by atoms with E-state index in [-0.39, 0.29) is 6.04 Å². The second-order valence-corrected chi connectivity index (χ2v) is 4.25. The van der Waals surface area contributed by atoms with Crippen LogP contribution in [0.3, 0.4) is 0 Å². The largest absolute Gasteiger partial charge is 0.491 e. The molecule has 3 heteroatoms. The molecule has 3 nitrogen and oxygen atoms in total. The van der Waals surface area contributed by atoms with Crippen LogP contribution in [0.1, 0.15) is 25.8 Å². The van der Waals surface area contributed by atoms with Gasteiger partial charge in [0, 0.05) is 12.6 Å². The van der Waals surface area contributed by atoms with Crippen LogP contribution >= 0.6 is 0 Å². The second-order valence-electron chi connectivity index (χ2n) is 4.25. The average Bonchev–Trinajstić information content (AvgIpc) is 2.30. The third kappa shape index (κ3) is 5.71. The molecule has 2 N–H and O–H groups in total. The van der Waals surface area contributed by atoms with E-state index in [9.17, 15) is 0 Å². The SMILES string of the molecule is CCCOCCOc1ccccc1CC(C)N. The minimum atomic E-state index is 0.149. The lowest BCUT2D eigenvalue weighted by atomic mass is 10.1. The van der Waals surface area contributed by atoms with Crippen LogP contribution in [0.15, 0.2) is 24.3 Å². The summed E-state index contributed by atoms with van der Waals surface area (Å²) in [4.78, 5) is 0. The van der Waals surface area contributed by atoms with Gasteiger partial charge in [-0.15, -0.1) is 0 Å². The van der Waals surface area contributed by atoms with Crippen molar-refractivity contribution in [2.24, 2.45) is 5.73 Å². The van der Waals surface area contributed by atoms with Crippen LogP contribution in [0.5, 0.6) is 5.75 Å². The molecule has 0 saturated heterocycles. The zero-order valence-corrected chi connectivity index (χ0v) is 10.8. The van der Waals surface area contributed by atoms with E-state index in [1.165, 1.54) is 0 Å². The molecular weight excluding hydrogens is 214 g/mol. The summed E-state index contributed by atoms with van der Waals surface area (Å²) in [6, 6.07) is 8.19. The molecule has 0 spiro atoms. The Morgan fingerprint density at radius 3 is 2.65 bits per heavy atom. The lowest BCUT2D eigenvalue weighted by Crippen LogP contribution is -2.18. The smallest absolute Gasteiger partial charge is 0.122 e. The first-order valence-corrected chi connectivity index (χ1v) is 6.28. The molecule has 0 amide bonds. The van der Waals surface area contributed by atoms with Crippen molar-refractivity contribution in [3.05, 3.63) is 29.8 Å². The third-order valence-electron chi connectivity index (χ3n) is 2.35. The van der Waals surface area contributed by atoms with Crippen LogP contribution in [-0.4, -0.2) is 25.9 Å². The summed E-state index contributed by atoms with van der Waals surface area (Å²) in [5.74, 6) is 0.921. The number of ether oxygens (including phenoxy) is 2. The minimum absolute atomic E-state index is 0.149. The molecule has 0 aliphatic heterocycles. The van der Waals surface area contributed by atoms with Crippen molar-refractivity contribution in [1.82, 2.24) is 0 Å². The maximum atomic E-state index is 5.81. The van der Waals surface area contributed by atoms with Crippen molar-refractivity contribution in [2.45, 2.75) is 32.7 Å². The molecule has 0 radical (unpaired) electrons. The predicted molar refractivity (Wildman–Crippen MR) is 70.4 cm³/mol. The molecular formula is C14H23NO2. The van der Waals surface area contributed by atoms with E-state index in [0.717, 1.165) is 30.8 Å². The monoisotopic (exact) mass is 237 g/mol. The van der Waals surface area contributed by atoms with Gasteiger partial charge >= 0.3 is 0 Å². The lowest BCUT2D eigenvalue weighted by Gasteiger charge is -2.13. The van der Waals surface area contributed by atoms with Crippen molar-refractivity contribution >= 4 is 0 Å². The molecule has 0 bridgehead atoms. The van der Waals surface area contributed by atoms with Crippen molar-refractivity contribution in [1.29, 1.82) is 0 Å². The Balaban J connectivity index is 2.40. The van der Waals surface area contributed by atoms with Gasteiger partial charge in [0.25, 0.3) is 0 Å². The van der Waals surface area contributed by atoms with Crippen molar-refractivity contribution in [3.8, 4) is 5.75 Å². The van der Waals surface area contributed by atoms with E-state index >= 15 is 0 Å². The first kappa shape index (κ1) is 14.0. The third-order valence-corrected chi connectivity index (χ3v) is 2.35. The Labute approximate surface area is 104 Å². The van der Waals surface area contributed by atoms with E-state index in [1.54, 1.807) is 0 Å². The average molecular weight is 237 g/mol. The summed E-state index contributed by atoms with van der Waals surface area (Å²) < 4.78 is 11.1. The lowest BCUT2D eigenvalue weighted by molar-refractivity contribution is 0.100. The highest BCUT2D eigenvalue weighted by Gasteiger charge is 2.05. The number of hydrogen-bond acceptors (Lipinski definition) is 3. The van der Waals surface area contributed by atoms with Crippen LogP contribution in [0, 0.1) is 0 Å². The highest BCUT2D eigenvalue weighted by molar-refractivity contribution is 5.33. The molecule has 0 fully saturated rings. The Morgan fingerprint density at radius 1 is 1.18 bits per heavy atom. The molecule has 17 heavy (non-hydrogen) atoms. The molecule has 1 atom stereocenters. The molecule has 1 aromatic rings. The molecule has 0 aliphatic carbocycles. The van der Waals surface area contributed by atoms with Gasteiger partial charge in [-0.2, -0.15) is 0 Å². The van der Waals surface area contributed by atoms with Crippen molar-refractivity contribution in [3.63, 3.8) is 0 Å². The van der Waals surface area contributed by atoms with Crippen LogP contribution in [0.4, 0.5) is 0 Å². The van der Waals surface area contributed by atoms with Crippen LogP contribution in [0.2, 0.25) is 0 Å². The molecule has 96 valence electrons. The normalized spacial score (nSPS) is 12.4. The number of hydrogen-bond donors (Lipinski definition) is 1. The fraction of sp³-hybridized carbons (Fsp3) is 0.571. The van der Waals surface area contributed by atoms with Crippen LogP contribution in [-0.2, 0) is 11.2 Å². The van der Waals surface area contributed by atoms with Crippen molar-refractivity contribution < 1.29 is 9.47 Å². The van der Waals surface area contributed by atoms with Gasteiger partial charge < -0.3 is 15.2 Å². The summed E-state index contributed by atoms with van der Waals surface area (Å²) in [6.45, 7) is 6.13. The summed E-state index contributed by atoms with van der Waals surface area (Å²) in [7, 11) is 0. The van der Waals surface area contributed by atoms with E-state index in [2.05, 4.69) is 13.0 Å². The predicted octanol–water partition coefficient (Wildman–Crippen LogP) is 2.38. The fourth-order valence-electron chi connectivity index (χ4n) is 1.62. The van der Waals surface area contributed by atoms with E-state index < -0.39 is 0 Å². The molecule has 0 saturated carbocycles. The van der Waals surface area contributed by atoms with Gasteiger partial charge in [0.15, 0.2) is 0 Å². The fourth-order valence-corrected chi connectivity index (χ4v) is 1.62. The number of rotatable bonds is 8. The Hall–Kier alpha value is -1.06. The standard InChI is InChI=1S/C14H23NO2/c1-3-8-16-9-10-17-14-7-5-4-6-13(14)11-12(2)15/h4-7,12H,3,8-11,15H2,1-2H3. The van der Waals surface area contributed by atoms with Gasteiger partial charge in [-0.25, -0.2) is 0 Å². The molecule has 1 unspecified atom stereocenters. The maximum Gasteiger partial charge on any atom is 0.122 e. The maximum absolute atomic E-state index is 5.81. The summed E-state index contributed by atoms with van der Waals surface area (Å²) in [5.41, 5.74) is 6.97. The second kappa shape index (κ2) is 8.09. The highest BCUT2D eigenvalue weighted by atomic mass is 16.5. The Bertz CT molecular complexity index is 313. The summed E-state index contributed by atoms with van der Waals surface area (Å²) in [6.07, 6.45) is 1.88. The van der Waals surface area contributed by atoms with E-state index in [4.69, 9.17) is 15.2 Å². The minimum Gasteiger partial charge on any atom is -0.491 e. The quantitative estimate of drug-likeness (QED) is 0.706. The van der Waals surface area contributed by atoms with Crippen LogP contribution < -0.4 is 10.5 Å².